The lowest BCUT2D eigenvalue weighted by molar-refractivity contribution is -0.123. The molecule has 0 saturated heterocycles. The highest BCUT2D eigenvalue weighted by molar-refractivity contribution is 6.32. The van der Waals surface area contributed by atoms with E-state index < -0.39 is 30.0 Å². The summed E-state index contributed by atoms with van der Waals surface area (Å²) in [6.07, 6.45) is -3.79. The number of halogens is 5. The van der Waals surface area contributed by atoms with Crippen molar-refractivity contribution in [2.75, 3.05) is 6.54 Å². The minimum absolute atomic E-state index is 0.360. The van der Waals surface area contributed by atoms with Gasteiger partial charge in [-0.15, -0.1) is 0 Å². The number of nitrogens with zero attached hydrogens (tertiary/aromatic N) is 1. The summed E-state index contributed by atoms with van der Waals surface area (Å²) < 4.78 is 48.0. The molecule has 3 nitrogen and oxygen atoms in total. The Kier molecular flexibility index (Phi) is 3.69. The van der Waals surface area contributed by atoms with Crippen molar-refractivity contribution in [3.8, 4) is 0 Å². The van der Waals surface area contributed by atoms with Crippen molar-refractivity contribution >= 4 is 17.5 Å². The first-order chi connectivity index (χ1) is 7.29. The minimum Gasteiger partial charge on any atom is -0.343 e. The molecule has 0 radical (unpaired) electrons. The van der Waals surface area contributed by atoms with E-state index >= 15 is 0 Å². The van der Waals surface area contributed by atoms with Gasteiger partial charge in [-0.2, -0.15) is 13.2 Å². The number of amides is 1. The number of nitrogens with one attached hydrogen (secondary N) is 1. The van der Waals surface area contributed by atoms with Crippen LogP contribution in [0.5, 0.6) is 0 Å². The monoisotopic (exact) mass is 256 g/mol. The second-order valence-electron chi connectivity index (χ2n) is 2.79. The second-order valence-corrected chi connectivity index (χ2v) is 3.15. The smallest absolute Gasteiger partial charge is 0.343 e. The van der Waals surface area contributed by atoms with Gasteiger partial charge in [0.25, 0.3) is 5.91 Å². The normalized spacial score (nSPS) is 11.3. The highest BCUT2D eigenvalue weighted by Gasteiger charge is 2.28. The standard InChI is InChI=1S/C8H5ClF4N2O/c9-6-5(1-4(10)2-14-6)7(16)15-3-8(11,12)13/h1-2H,3H2,(H,15,16). The molecule has 0 aromatic carbocycles. The fraction of sp³-hybridized carbons (Fsp3) is 0.250. The maximum absolute atomic E-state index is 12.7. The lowest BCUT2D eigenvalue weighted by Crippen LogP contribution is -2.34. The lowest BCUT2D eigenvalue weighted by Gasteiger charge is -2.08. The summed E-state index contributed by atoms with van der Waals surface area (Å²) in [5, 5.41) is 1.19. The van der Waals surface area contributed by atoms with Gasteiger partial charge in [0.05, 0.1) is 11.8 Å². The van der Waals surface area contributed by atoms with E-state index in [4.69, 9.17) is 11.6 Å². The third kappa shape index (κ3) is 3.65. The quantitative estimate of drug-likeness (QED) is 0.651. The fourth-order valence-electron chi connectivity index (χ4n) is 0.858. The van der Waals surface area contributed by atoms with Crippen molar-refractivity contribution in [2.45, 2.75) is 6.18 Å². The number of alkyl halides is 3. The van der Waals surface area contributed by atoms with Crippen molar-refractivity contribution in [3.05, 3.63) is 28.8 Å². The van der Waals surface area contributed by atoms with Crippen LogP contribution in [-0.4, -0.2) is 23.6 Å². The Balaban J connectivity index is 2.77. The fourth-order valence-corrected chi connectivity index (χ4v) is 1.05. The van der Waals surface area contributed by atoms with Gasteiger partial charge in [0, 0.05) is 0 Å². The van der Waals surface area contributed by atoms with Crippen LogP contribution in [0.2, 0.25) is 5.15 Å². The molecule has 0 aliphatic carbocycles. The molecule has 8 heteroatoms. The van der Waals surface area contributed by atoms with Crippen LogP contribution in [0, 0.1) is 5.82 Å². The predicted molar refractivity (Wildman–Crippen MR) is 47.6 cm³/mol. The number of pyridine rings is 1. The van der Waals surface area contributed by atoms with Gasteiger partial charge in [0.1, 0.15) is 17.5 Å². The Labute approximate surface area is 92.4 Å². The van der Waals surface area contributed by atoms with Crippen molar-refractivity contribution in [1.29, 1.82) is 0 Å². The van der Waals surface area contributed by atoms with E-state index in [1.165, 1.54) is 0 Å². The van der Waals surface area contributed by atoms with Gasteiger partial charge < -0.3 is 5.32 Å². The van der Waals surface area contributed by atoms with Crippen molar-refractivity contribution in [1.82, 2.24) is 10.3 Å². The molecule has 0 saturated carbocycles. The third-order valence-corrected chi connectivity index (χ3v) is 1.80. The molecular formula is C8H5ClF4N2O. The summed E-state index contributed by atoms with van der Waals surface area (Å²) in [6, 6.07) is 0.709. The Morgan fingerprint density at radius 2 is 2.12 bits per heavy atom. The van der Waals surface area contributed by atoms with Gasteiger partial charge in [-0.05, 0) is 6.07 Å². The number of hydrogen-bond acceptors (Lipinski definition) is 2. The molecule has 0 aliphatic heterocycles. The number of carbonyl (C=O) groups is 1. The Bertz CT molecular complexity index is 408. The van der Waals surface area contributed by atoms with E-state index in [-0.39, 0.29) is 5.15 Å². The summed E-state index contributed by atoms with van der Waals surface area (Å²) in [6.45, 7) is -1.52. The zero-order valence-electron chi connectivity index (χ0n) is 7.61. The van der Waals surface area contributed by atoms with Crippen LogP contribution in [0.1, 0.15) is 10.4 Å². The molecule has 0 bridgehead atoms. The maximum atomic E-state index is 12.7. The molecule has 1 aromatic heterocycles. The maximum Gasteiger partial charge on any atom is 0.405 e. The number of aromatic nitrogens is 1. The number of hydrogen-bond donors (Lipinski definition) is 1. The number of carbonyl (C=O) groups excluding carboxylic acids is 1. The molecule has 1 rings (SSSR count). The van der Waals surface area contributed by atoms with Gasteiger partial charge in [-0.25, -0.2) is 9.37 Å². The molecule has 1 heterocycles. The largest absolute Gasteiger partial charge is 0.405 e. The lowest BCUT2D eigenvalue weighted by atomic mass is 10.2. The number of rotatable bonds is 2. The van der Waals surface area contributed by atoms with Crippen LogP contribution < -0.4 is 5.32 Å². The van der Waals surface area contributed by atoms with E-state index in [0.717, 1.165) is 6.20 Å². The average molecular weight is 257 g/mol. The Morgan fingerprint density at radius 3 is 2.69 bits per heavy atom. The van der Waals surface area contributed by atoms with Crippen LogP contribution in [0.25, 0.3) is 0 Å². The van der Waals surface area contributed by atoms with Crippen LogP contribution in [-0.2, 0) is 0 Å². The van der Waals surface area contributed by atoms with Gasteiger partial charge in [0.2, 0.25) is 0 Å². The first kappa shape index (κ1) is 12.7. The van der Waals surface area contributed by atoms with Crippen LogP contribution in [0.4, 0.5) is 17.6 Å². The van der Waals surface area contributed by atoms with Gasteiger partial charge in [0.15, 0.2) is 0 Å². The van der Waals surface area contributed by atoms with Crippen molar-refractivity contribution in [2.24, 2.45) is 0 Å². The minimum atomic E-state index is -4.54. The molecule has 0 fully saturated rings. The van der Waals surface area contributed by atoms with Crippen molar-refractivity contribution < 1.29 is 22.4 Å². The van der Waals surface area contributed by atoms with E-state index in [1.54, 1.807) is 5.32 Å². The van der Waals surface area contributed by atoms with Crippen molar-refractivity contribution in [3.63, 3.8) is 0 Å². The molecule has 1 aromatic rings. The zero-order chi connectivity index (χ0) is 12.3. The zero-order valence-corrected chi connectivity index (χ0v) is 8.36. The first-order valence-corrected chi connectivity index (χ1v) is 4.33. The Hall–Kier alpha value is -1.37. The van der Waals surface area contributed by atoms with Gasteiger partial charge in [-0.1, -0.05) is 11.6 Å². The molecule has 0 unspecified atom stereocenters. The topological polar surface area (TPSA) is 42.0 Å². The molecule has 1 amide bonds. The van der Waals surface area contributed by atoms with Crippen LogP contribution in [0.15, 0.2) is 12.3 Å². The molecule has 0 aliphatic rings. The summed E-state index contributed by atoms with van der Waals surface area (Å²) >= 11 is 5.42. The highest BCUT2D eigenvalue weighted by Crippen LogP contribution is 2.15. The van der Waals surface area contributed by atoms with Crippen LogP contribution in [0.3, 0.4) is 0 Å². The summed E-state index contributed by atoms with van der Waals surface area (Å²) in [4.78, 5) is 14.5. The van der Waals surface area contributed by atoms with Crippen LogP contribution >= 0.6 is 11.6 Å². The van der Waals surface area contributed by atoms with E-state index in [9.17, 15) is 22.4 Å². The Morgan fingerprint density at radius 1 is 1.50 bits per heavy atom. The molecule has 88 valence electrons. The third-order valence-electron chi connectivity index (χ3n) is 1.50. The van der Waals surface area contributed by atoms with E-state index in [1.807, 2.05) is 0 Å². The molecule has 16 heavy (non-hydrogen) atoms. The summed E-state index contributed by atoms with van der Waals surface area (Å²) in [5.41, 5.74) is -0.439. The first-order valence-electron chi connectivity index (χ1n) is 3.95. The SMILES string of the molecule is O=C(NCC(F)(F)F)c1cc(F)cnc1Cl. The second kappa shape index (κ2) is 4.65. The predicted octanol–water partition coefficient (Wildman–Crippen LogP) is 2.17. The molecule has 0 atom stereocenters. The van der Waals surface area contributed by atoms with Gasteiger partial charge >= 0.3 is 6.18 Å². The van der Waals surface area contributed by atoms with Gasteiger partial charge in [-0.3, -0.25) is 4.79 Å². The highest BCUT2D eigenvalue weighted by atomic mass is 35.5. The molecule has 1 N–H and O–H groups in total. The molecular weight excluding hydrogens is 252 g/mol. The molecule has 0 spiro atoms. The summed E-state index contributed by atoms with van der Waals surface area (Å²) in [7, 11) is 0. The average Bonchev–Trinajstić information content (AvgIpc) is 2.17. The summed E-state index contributed by atoms with van der Waals surface area (Å²) in [5.74, 6) is -1.99. The van der Waals surface area contributed by atoms with E-state index in [0.29, 0.717) is 6.07 Å². The van der Waals surface area contributed by atoms with E-state index in [2.05, 4.69) is 4.98 Å².